The smallest absolute Gasteiger partial charge is 0.359 e. The Hall–Kier alpha value is -3.36. The third-order valence-corrected chi connectivity index (χ3v) is 5.73. The number of methoxy groups -OCH3 is 1. The van der Waals surface area contributed by atoms with Crippen molar-refractivity contribution in [3.05, 3.63) is 46.8 Å². The minimum atomic E-state index is -0.487. The minimum Gasteiger partial charge on any atom is -0.497 e. The molecule has 2 amide bonds. The van der Waals surface area contributed by atoms with Crippen LogP contribution in [0, 0.1) is 5.92 Å². The summed E-state index contributed by atoms with van der Waals surface area (Å²) in [4.78, 5) is 38.7. The van der Waals surface area contributed by atoms with E-state index in [0.29, 0.717) is 26.1 Å². The van der Waals surface area contributed by atoms with Gasteiger partial charge in [-0.25, -0.2) is 4.79 Å². The molecular weight excluding hydrogens is 400 g/mol. The number of esters is 1. The zero-order chi connectivity index (χ0) is 22.0. The van der Waals surface area contributed by atoms with Gasteiger partial charge in [-0.15, -0.1) is 0 Å². The van der Waals surface area contributed by atoms with Crippen molar-refractivity contribution in [3.63, 3.8) is 0 Å². The fourth-order valence-electron chi connectivity index (χ4n) is 4.11. The third-order valence-electron chi connectivity index (χ3n) is 5.73. The second-order valence-corrected chi connectivity index (χ2v) is 7.71. The number of fused-ring (bicyclic) bond motifs is 1. The minimum absolute atomic E-state index is 0.0679. The van der Waals surface area contributed by atoms with Crippen LogP contribution in [0.5, 0.6) is 5.75 Å². The number of ether oxygens (including phenoxy) is 2. The number of benzene rings is 1. The molecule has 9 nitrogen and oxygen atoms in total. The van der Waals surface area contributed by atoms with E-state index in [1.54, 1.807) is 18.9 Å². The van der Waals surface area contributed by atoms with Gasteiger partial charge in [-0.05, 0) is 24.6 Å². The molecule has 1 fully saturated rings. The van der Waals surface area contributed by atoms with Crippen LogP contribution in [0.2, 0.25) is 0 Å². The standard InChI is InChI=1S/C22H26N4O5/c1-3-31-22(29)20-17-13-25(21(28)15-10-19(27)23-11-15)9-8-18(17)26(24-20)12-14-4-6-16(30-2)7-5-14/h4-7,15H,3,8-13H2,1-2H3,(H,23,27)/t15-/m1/s1. The highest BCUT2D eigenvalue weighted by atomic mass is 16.5. The zero-order valence-electron chi connectivity index (χ0n) is 17.7. The Morgan fingerprint density at radius 2 is 2.03 bits per heavy atom. The Kier molecular flexibility index (Phi) is 5.92. The molecule has 9 heteroatoms. The molecule has 164 valence electrons. The first-order valence-electron chi connectivity index (χ1n) is 10.4. The van der Waals surface area contributed by atoms with Crippen molar-refractivity contribution < 1.29 is 23.9 Å². The van der Waals surface area contributed by atoms with Crippen LogP contribution in [-0.4, -0.2) is 59.3 Å². The quantitative estimate of drug-likeness (QED) is 0.695. The molecule has 2 aliphatic heterocycles. The molecule has 1 saturated heterocycles. The van der Waals surface area contributed by atoms with Crippen molar-refractivity contribution in [3.8, 4) is 5.75 Å². The zero-order valence-corrected chi connectivity index (χ0v) is 17.7. The molecule has 4 rings (SSSR count). The van der Waals surface area contributed by atoms with E-state index in [-0.39, 0.29) is 43.0 Å². The topological polar surface area (TPSA) is 103 Å². The maximum Gasteiger partial charge on any atom is 0.359 e. The van der Waals surface area contributed by atoms with Gasteiger partial charge < -0.3 is 19.7 Å². The van der Waals surface area contributed by atoms with Crippen molar-refractivity contribution in [2.24, 2.45) is 5.92 Å². The van der Waals surface area contributed by atoms with E-state index in [4.69, 9.17) is 9.47 Å². The molecule has 3 heterocycles. The number of rotatable bonds is 6. The van der Waals surface area contributed by atoms with Crippen molar-refractivity contribution in [2.45, 2.75) is 32.9 Å². The van der Waals surface area contributed by atoms with Crippen molar-refractivity contribution in [1.82, 2.24) is 20.0 Å². The number of carbonyl (C=O) groups is 3. The van der Waals surface area contributed by atoms with E-state index in [2.05, 4.69) is 10.4 Å². The van der Waals surface area contributed by atoms with Gasteiger partial charge in [0.15, 0.2) is 5.69 Å². The summed E-state index contributed by atoms with van der Waals surface area (Å²) in [5.41, 5.74) is 2.94. The van der Waals surface area contributed by atoms with Gasteiger partial charge in [0.25, 0.3) is 0 Å². The number of hydrogen-bond acceptors (Lipinski definition) is 6. The average Bonchev–Trinajstić information content (AvgIpc) is 3.37. The predicted octanol–water partition coefficient (Wildman–Crippen LogP) is 1.14. The third kappa shape index (κ3) is 4.26. The van der Waals surface area contributed by atoms with Gasteiger partial charge in [-0.3, -0.25) is 14.3 Å². The predicted molar refractivity (Wildman–Crippen MR) is 111 cm³/mol. The molecule has 0 spiro atoms. The van der Waals surface area contributed by atoms with Crippen LogP contribution in [0.15, 0.2) is 24.3 Å². The number of nitrogens with one attached hydrogen (secondary N) is 1. The fourth-order valence-corrected chi connectivity index (χ4v) is 4.11. The van der Waals surface area contributed by atoms with E-state index in [9.17, 15) is 14.4 Å². The van der Waals surface area contributed by atoms with Crippen LogP contribution in [-0.2, 0) is 33.8 Å². The second kappa shape index (κ2) is 8.79. The highest BCUT2D eigenvalue weighted by Gasteiger charge is 2.35. The van der Waals surface area contributed by atoms with E-state index in [1.807, 2.05) is 28.9 Å². The SMILES string of the molecule is CCOC(=O)c1nn(Cc2ccc(OC)cc2)c2c1CN(C(=O)[C@H]1CNC(=O)C1)CC2. The van der Waals surface area contributed by atoms with E-state index in [0.717, 1.165) is 22.6 Å². The first-order chi connectivity index (χ1) is 15.0. The van der Waals surface area contributed by atoms with Gasteiger partial charge in [-0.2, -0.15) is 5.10 Å². The lowest BCUT2D eigenvalue weighted by molar-refractivity contribution is -0.136. The molecule has 2 aromatic rings. The molecule has 0 bridgehead atoms. The second-order valence-electron chi connectivity index (χ2n) is 7.71. The Labute approximate surface area is 180 Å². The van der Waals surface area contributed by atoms with E-state index in [1.165, 1.54) is 0 Å². The lowest BCUT2D eigenvalue weighted by Crippen LogP contribution is -2.41. The average molecular weight is 426 g/mol. The molecule has 0 radical (unpaired) electrons. The van der Waals surface area contributed by atoms with Crippen molar-refractivity contribution >= 4 is 17.8 Å². The molecule has 0 saturated carbocycles. The Bertz CT molecular complexity index is 998. The first kappa shape index (κ1) is 20.9. The van der Waals surface area contributed by atoms with Crippen molar-refractivity contribution in [2.75, 3.05) is 26.8 Å². The van der Waals surface area contributed by atoms with E-state index >= 15 is 0 Å². The Morgan fingerprint density at radius 1 is 1.26 bits per heavy atom. The molecule has 1 aromatic heterocycles. The summed E-state index contributed by atoms with van der Waals surface area (Å²) < 4.78 is 12.2. The Balaban J connectivity index is 1.60. The summed E-state index contributed by atoms with van der Waals surface area (Å²) in [5.74, 6) is -0.238. The van der Waals surface area contributed by atoms with Gasteiger partial charge in [0.2, 0.25) is 11.8 Å². The highest BCUT2D eigenvalue weighted by Crippen LogP contribution is 2.26. The molecule has 31 heavy (non-hydrogen) atoms. The maximum atomic E-state index is 12.9. The molecule has 0 aliphatic carbocycles. The maximum absolute atomic E-state index is 12.9. The first-order valence-corrected chi connectivity index (χ1v) is 10.4. The summed E-state index contributed by atoms with van der Waals surface area (Å²) >= 11 is 0. The number of hydrogen-bond donors (Lipinski definition) is 1. The molecule has 1 aromatic carbocycles. The fraction of sp³-hybridized carbons (Fsp3) is 0.455. The van der Waals surface area contributed by atoms with Crippen LogP contribution in [0.3, 0.4) is 0 Å². The summed E-state index contributed by atoms with van der Waals surface area (Å²) in [5, 5.41) is 7.27. The normalized spacial score (nSPS) is 17.8. The largest absolute Gasteiger partial charge is 0.497 e. The van der Waals surface area contributed by atoms with E-state index < -0.39 is 5.97 Å². The molecule has 2 aliphatic rings. The molecule has 1 atom stereocenters. The van der Waals surface area contributed by atoms with Crippen LogP contribution < -0.4 is 10.1 Å². The van der Waals surface area contributed by atoms with Crippen LogP contribution in [0.25, 0.3) is 0 Å². The van der Waals surface area contributed by atoms with Gasteiger partial charge in [0, 0.05) is 43.7 Å². The summed E-state index contributed by atoms with van der Waals surface area (Å²) in [7, 11) is 1.62. The van der Waals surface area contributed by atoms with Gasteiger partial charge in [0.1, 0.15) is 5.75 Å². The van der Waals surface area contributed by atoms with Gasteiger partial charge in [0.05, 0.1) is 26.2 Å². The van der Waals surface area contributed by atoms with Crippen LogP contribution >= 0.6 is 0 Å². The number of carbonyl (C=O) groups excluding carboxylic acids is 3. The Morgan fingerprint density at radius 3 is 2.68 bits per heavy atom. The summed E-state index contributed by atoms with van der Waals surface area (Å²) in [6, 6.07) is 7.68. The van der Waals surface area contributed by atoms with Gasteiger partial charge in [-0.1, -0.05) is 12.1 Å². The number of amides is 2. The number of nitrogens with zero attached hydrogens (tertiary/aromatic N) is 3. The number of aromatic nitrogens is 2. The molecular formula is C22H26N4O5. The molecule has 1 N–H and O–H groups in total. The van der Waals surface area contributed by atoms with Crippen LogP contribution in [0.4, 0.5) is 0 Å². The highest BCUT2D eigenvalue weighted by molar-refractivity contribution is 5.91. The molecule has 0 unspecified atom stereocenters. The summed E-state index contributed by atoms with van der Waals surface area (Å²) in [6.45, 7) is 3.67. The monoisotopic (exact) mass is 426 g/mol. The lowest BCUT2D eigenvalue weighted by Gasteiger charge is -2.29. The van der Waals surface area contributed by atoms with Crippen molar-refractivity contribution in [1.29, 1.82) is 0 Å². The van der Waals surface area contributed by atoms with Crippen LogP contribution in [0.1, 0.15) is 40.7 Å². The summed E-state index contributed by atoms with van der Waals surface area (Å²) in [6.07, 6.45) is 0.793. The van der Waals surface area contributed by atoms with Gasteiger partial charge >= 0.3 is 5.97 Å². The lowest BCUT2D eigenvalue weighted by atomic mass is 10.0.